The molecule has 9 heteroatoms. The number of rotatable bonds is 12. The van der Waals surface area contributed by atoms with E-state index in [9.17, 15) is 13.2 Å². The second-order valence-electron chi connectivity index (χ2n) is 7.64. The molecule has 0 atom stereocenters. The number of anilines is 1. The third-order valence-electron chi connectivity index (χ3n) is 5.18. The van der Waals surface area contributed by atoms with Crippen molar-refractivity contribution in [1.29, 1.82) is 0 Å². The Balaban J connectivity index is 1.40. The number of ether oxygens (including phenoxy) is 1. The summed E-state index contributed by atoms with van der Waals surface area (Å²) in [4.78, 5) is 18.2. The molecular weight excluding hydrogens is 458 g/mol. The van der Waals surface area contributed by atoms with Gasteiger partial charge in [0.15, 0.2) is 5.13 Å². The summed E-state index contributed by atoms with van der Waals surface area (Å²) in [7, 11) is -1.98. The fourth-order valence-electron chi connectivity index (χ4n) is 3.30. The molecule has 2 aromatic carbocycles. The number of sulfonamides is 1. The third kappa shape index (κ3) is 6.63. The van der Waals surface area contributed by atoms with E-state index in [1.807, 2.05) is 38.1 Å². The van der Waals surface area contributed by atoms with Crippen LogP contribution in [0.4, 0.5) is 5.13 Å². The molecule has 3 rings (SSSR count). The lowest BCUT2D eigenvalue weighted by Crippen LogP contribution is -2.24. The Morgan fingerprint density at radius 2 is 1.70 bits per heavy atom. The molecule has 176 valence electrons. The molecule has 0 aliphatic carbocycles. The Morgan fingerprint density at radius 3 is 2.39 bits per heavy atom. The van der Waals surface area contributed by atoms with E-state index < -0.39 is 10.0 Å². The Hall–Kier alpha value is -2.75. The van der Waals surface area contributed by atoms with Gasteiger partial charge in [0.25, 0.3) is 0 Å². The predicted octanol–water partition coefficient (Wildman–Crippen LogP) is 4.56. The largest absolute Gasteiger partial charge is 0.497 e. The first-order valence-corrected chi connectivity index (χ1v) is 13.1. The molecule has 0 amide bonds. The van der Waals surface area contributed by atoms with Gasteiger partial charge in [-0.05, 0) is 56.5 Å². The number of methoxy groups -OCH3 is 1. The minimum atomic E-state index is -3.52. The zero-order valence-corrected chi connectivity index (χ0v) is 20.7. The van der Waals surface area contributed by atoms with Crippen molar-refractivity contribution in [1.82, 2.24) is 9.71 Å². The Kier molecular flexibility index (Phi) is 8.60. The topological polar surface area (TPSA) is 97.4 Å². The number of benzene rings is 2. The first-order valence-electron chi connectivity index (χ1n) is 10.8. The summed E-state index contributed by atoms with van der Waals surface area (Å²) in [6.45, 7) is 4.86. The van der Waals surface area contributed by atoms with Crippen molar-refractivity contribution in [2.24, 2.45) is 0 Å². The molecule has 0 unspecified atom stereocenters. The summed E-state index contributed by atoms with van der Waals surface area (Å²) in [6, 6.07) is 13.9. The fourth-order valence-corrected chi connectivity index (χ4v) is 5.32. The van der Waals surface area contributed by atoms with Crippen LogP contribution in [-0.2, 0) is 10.0 Å². The Morgan fingerprint density at radius 1 is 1.00 bits per heavy atom. The zero-order chi connectivity index (χ0) is 23.8. The van der Waals surface area contributed by atoms with E-state index in [2.05, 4.69) is 15.0 Å². The second kappa shape index (κ2) is 11.4. The normalized spacial score (nSPS) is 11.4. The highest BCUT2D eigenvalue weighted by Crippen LogP contribution is 2.26. The smallest absolute Gasteiger partial charge is 0.240 e. The fraction of sp³-hybridized carbons (Fsp3) is 0.333. The van der Waals surface area contributed by atoms with Gasteiger partial charge in [-0.2, -0.15) is 0 Å². The van der Waals surface area contributed by atoms with Gasteiger partial charge in [0.2, 0.25) is 15.8 Å². The summed E-state index contributed by atoms with van der Waals surface area (Å²) in [5.74, 6) is 0.615. The Bertz CT molecular complexity index is 1190. The van der Waals surface area contributed by atoms with Crippen molar-refractivity contribution in [3.63, 3.8) is 0 Å². The maximum absolute atomic E-state index is 12.8. The van der Waals surface area contributed by atoms with Crippen LogP contribution < -0.4 is 14.8 Å². The summed E-state index contributed by atoms with van der Waals surface area (Å²) in [5.41, 5.74) is 2.38. The van der Waals surface area contributed by atoms with Gasteiger partial charge in [-0.1, -0.05) is 42.0 Å². The number of hydrogen-bond donors (Lipinski definition) is 2. The zero-order valence-electron chi connectivity index (χ0n) is 19.1. The van der Waals surface area contributed by atoms with Crippen LogP contribution in [-0.4, -0.2) is 39.4 Å². The average molecular weight is 488 g/mol. The number of ketones is 1. The highest BCUT2D eigenvalue weighted by atomic mass is 32.2. The number of aryl methyl sites for hydroxylation is 2. The van der Waals surface area contributed by atoms with Crippen LogP contribution in [0.3, 0.4) is 0 Å². The molecule has 0 bridgehead atoms. The van der Waals surface area contributed by atoms with Gasteiger partial charge in [-0.15, -0.1) is 0 Å². The highest BCUT2D eigenvalue weighted by molar-refractivity contribution is 7.89. The van der Waals surface area contributed by atoms with E-state index in [0.29, 0.717) is 29.3 Å². The van der Waals surface area contributed by atoms with Gasteiger partial charge in [0, 0.05) is 18.7 Å². The lowest BCUT2D eigenvalue weighted by atomic mass is 10.0. The molecule has 0 spiro atoms. The number of unbranched alkanes of at least 4 members (excludes halogenated alkanes) is 2. The van der Waals surface area contributed by atoms with Crippen molar-refractivity contribution in [3.8, 4) is 5.75 Å². The van der Waals surface area contributed by atoms with E-state index in [1.54, 1.807) is 12.1 Å². The first kappa shape index (κ1) is 24.9. The van der Waals surface area contributed by atoms with Crippen LogP contribution in [0, 0.1) is 13.8 Å². The van der Waals surface area contributed by atoms with Gasteiger partial charge >= 0.3 is 0 Å². The van der Waals surface area contributed by atoms with E-state index in [-0.39, 0.29) is 10.7 Å². The molecule has 7 nitrogen and oxygen atoms in total. The van der Waals surface area contributed by atoms with Crippen LogP contribution in [0.15, 0.2) is 53.4 Å². The monoisotopic (exact) mass is 487 g/mol. The molecule has 33 heavy (non-hydrogen) atoms. The van der Waals surface area contributed by atoms with Crippen molar-refractivity contribution in [3.05, 3.63) is 70.2 Å². The van der Waals surface area contributed by atoms with Gasteiger partial charge < -0.3 is 10.1 Å². The second-order valence-corrected chi connectivity index (χ2v) is 10.4. The van der Waals surface area contributed by atoms with Crippen molar-refractivity contribution >= 4 is 32.3 Å². The van der Waals surface area contributed by atoms with Gasteiger partial charge in [-0.25, -0.2) is 18.1 Å². The molecular formula is C24H29N3O4S2. The number of thiazole rings is 1. The van der Waals surface area contributed by atoms with Crippen molar-refractivity contribution in [2.45, 2.75) is 38.0 Å². The van der Waals surface area contributed by atoms with Crippen LogP contribution >= 0.6 is 11.3 Å². The van der Waals surface area contributed by atoms with Crippen LogP contribution in [0.1, 0.15) is 45.8 Å². The number of carbonyl (C=O) groups is 1. The standard InChI is InChI=1S/C24H29N3O4S2/c1-17-9-5-6-10-21(17)22(28)23-18(2)27-24(32-23)25-15-7-4-8-16-26-33(29,30)20-13-11-19(31-3)12-14-20/h5-6,9-14,26H,4,7-8,15-16H2,1-3H3,(H,25,27). The molecule has 0 aliphatic rings. The van der Waals surface area contributed by atoms with Gasteiger partial charge in [0.1, 0.15) is 5.75 Å². The average Bonchev–Trinajstić information content (AvgIpc) is 3.18. The molecule has 1 aromatic heterocycles. The lowest BCUT2D eigenvalue weighted by Gasteiger charge is -2.08. The SMILES string of the molecule is COc1ccc(S(=O)(=O)NCCCCCNc2nc(C)c(C(=O)c3ccccc3C)s2)cc1. The van der Waals surface area contributed by atoms with E-state index in [4.69, 9.17) is 4.74 Å². The maximum atomic E-state index is 12.8. The number of aromatic nitrogens is 1. The number of hydrogen-bond acceptors (Lipinski definition) is 7. The maximum Gasteiger partial charge on any atom is 0.240 e. The first-order chi connectivity index (χ1) is 15.8. The minimum Gasteiger partial charge on any atom is -0.497 e. The van der Waals surface area contributed by atoms with Crippen LogP contribution in [0.2, 0.25) is 0 Å². The summed E-state index contributed by atoms with van der Waals surface area (Å²) in [6.07, 6.45) is 2.45. The molecule has 3 aromatic rings. The number of carbonyl (C=O) groups excluding carboxylic acids is 1. The van der Waals surface area contributed by atoms with Gasteiger partial charge in [-0.3, -0.25) is 4.79 Å². The van der Waals surface area contributed by atoms with Gasteiger partial charge in [0.05, 0.1) is 22.6 Å². The van der Waals surface area contributed by atoms with Crippen LogP contribution in [0.5, 0.6) is 5.75 Å². The molecule has 0 radical (unpaired) electrons. The predicted molar refractivity (Wildman–Crippen MR) is 132 cm³/mol. The lowest BCUT2D eigenvalue weighted by molar-refractivity contribution is 0.104. The summed E-state index contributed by atoms with van der Waals surface area (Å²) in [5, 5.41) is 4.00. The minimum absolute atomic E-state index is 0.000272. The molecule has 2 N–H and O–H groups in total. The molecule has 0 aliphatic heterocycles. The third-order valence-corrected chi connectivity index (χ3v) is 7.77. The molecule has 0 fully saturated rings. The summed E-state index contributed by atoms with van der Waals surface area (Å²) < 4.78 is 32.3. The molecule has 1 heterocycles. The van der Waals surface area contributed by atoms with Crippen molar-refractivity contribution < 1.29 is 17.9 Å². The van der Waals surface area contributed by atoms with E-state index in [0.717, 1.165) is 35.7 Å². The number of nitrogens with one attached hydrogen (secondary N) is 2. The van der Waals surface area contributed by atoms with Crippen molar-refractivity contribution in [2.75, 3.05) is 25.5 Å². The highest BCUT2D eigenvalue weighted by Gasteiger charge is 2.18. The summed E-state index contributed by atoms with van der Waals surface area (Å²) >= 11 is 1.37. The quantitative estimate of drug-likeness (QED) is 0.287. The van der Waals surface area contributed by atoms with Crippen LogP contribution in [0.25, 0.3) is 0 Å². The molecule has 0 saturated carbocycles. The molecule has 0 saturated heterocycles. The Labute approximate surface area is 199 Å². The van der Waals surface area contributed by atoms with E-state index >= 15 is 0 Å². The number of nitrogens with zero attached hydrogens (tertiary/aromatic N) is 1. The van der Waals surface area contributed by atoms with E-state index in [1.165, 1.54) is 30.6 Å².